The monoisotopic (exact) mass is 292 g/mol. The Kier molecular flexibility index (Phi) is 4.07. The number of carbonyl (C=O) groups is 1. The molecule has 0 fully saturated rings. The van der Waals surface area contributed by atoms with Gasteiger partial charge in [0, 0.05) is 17.4 Å². The second kappa shape index (κ2) is 5.78. The van der Waals surface area contributed by atoms with Gasteiger partial charge in [-0.1, -0.05) is 12.6 Å². The van der Waals surface area contributed by atoms with Gasteiger partial charge in [0.25, 0.3) is 0 Å². The molecule has 1 N–H and O–H groups in total. The summed E-state index contributed by atoms with van der Waals surface area (Å²) in [5.74, 6) is -0.582. The van der Waals surface area contributed by atoms with E-state index in [0.717, 1.165) is 18.2 Å². The van der Waals surface area contributed by atoms with Gasteiger partial charge in [0.2, 0.25) is 5.91 Å². The number of anilines is 1. The molecule has 0 aliphatic rings. The summed E-state index contributed by atoms with van der Waals surface area (Å²) in [7, 11) is 0. The molecule has 0 saturated heterocycles. The van der Waals surface area contributed by atoms with Crippen molar-refractivity contribution in [3.8, 4) is 11.3 Å². The van der Waals surface area contributed by atoms with Crippen LogP contribution in [0, 0.1) is 0 Å². The van der Waals surface area contributed by atoms with Crippen molar-refractivity contribution in [3.63, 3.8) is 0 Å². The van der Waals surface area contributed by atoms with Crippen molar-refractivity contribution in [3.05, 3.63) is 60.8 Å². The number of aromatic nitrogens is 1. The first kappa shape index (κ1) is 14.8. The summed E-state index contributed by atoms with van der Waals surface area (Å²) in [5, 5.41) is 2.33. The molecular weight excluding hydrogens is 281 g/mol. The number of nitrogens with zero attached hydrogens (tertiary/aromatic N) is 1. The highest BCUT2D eigenvalue weighted by Crippen LogP contribution is 2.34. The summed E-state index contributed by atoms with van der Waals surface area (Å²) in [5.41, 5.74) is -0.164. The Hall–Kier alpha value is -2.63. The lowest BCUT2D eigenvalue weighted by atomic mass is 10.1. The van der Waals surface area contributed by atoms with E-state index in [2.05, 4.69) is 16.9 Å². The van der Waals surface area contributed by atoms with Crippen LogP contribution in [0.15, 0.2) is 55.3 Å². The summed E-state index contributed by atoms with van der Waals surface area (Å²) in [6, 6.07) is 8.22. The number of halogens is 3. The largest absolute Gasteiger partial charge is 0.416 e. The van der Waals surface area contributed by atoms with Gasteiger partial charge >= 0.3 is 6.18 Å². The van der Waals surface area contributed by atoms with Gasteiger partial charge in [0.1, 0.15) is 0 Å². The highest BCUT2D eigenvalue weighted by molar-refractivity contribution is 5.99. The van der Waals surface area contributed by atoms with Crippen molar-refractivity contribution < 1.29 is 18.0 Å². The van der Waals surface area contributed by atoms with E-state index in [1.54, 1.807) is 18.2 Å². The van der Waals surface area contributed by atoms with Crippen molar-refractivity contribution in [2.75, 3.05) is 5.32 Å². The van der Waals surface area contributed by atoms with Crippen molar-refractivity contribution >= 4 is 11.6 Å². The maximum absolute atomic E-state index is 12.9. The summed E-state index contributed by atoms with van der Waals surface area (Å²) in [6.45, 7) is 3.26. The molecule has 1 amide bonds. The number of hydrogen-bond acceptors (Lipinski definition) is 2. The first-order valence-electron chi connectivity index (χ1n) is 5.97. The Morgan fingerprint density at radius 1 is 1.24 bits per heavy atom. The standard InChI is InChI=1S/C15H11F3N2O/c1-2-14(21)20-12-8-10(13-5-3-4-6-19-13)7-11(9-12)15(16,17)18/h2-9H,1H2,(H,20,21). The fourth-order valence-corrected chi connectivity index (χ4v) is 1.74. The molecule has 0 saturated carbocycles. The predicted octanol–water partition coefficient (Wildman–Crippen LogP) is 3.89. The van der Waals surface area contributed by atoms with Crippen LogP contribution in [0.3, 0.4) is 0 Å². The van der Waals surface area contributed by atoms with Crippen LogP contribution in [0.1, 0.15) is 5.56 Å². The molecule has 0 aliphatic carbocycles. The molecule has 3 nitrogen and oxygen atoms in total. The van der Waals surface area contributed by atoms with Crippen LogP contribution in [-0.4, -0.2) is 10.9 Å². The van der Waals surface area contributed by atoms with Gasteiger partial charge in [-0.25, -0.2) is 0 Å². The first-order chi connectivity index (χ1) is 9.90. The summed E-state index contributed by atoms with van der Waals surface area (Å²) < 4.78 is 38.8. The highest BCUT2D eigenvalue weighted by Gasteiger charge is 2.31. The Bertz CT molecular complexity index is 666. The lowest BCUT2D eigenvalue weighted by Crippen LogP contribution is -2.10. The van der Waals surface area contributed by atoms with Crippen LogP contribution < -0.4 is 5.32 Å². The van der Waals surface area contributed by atoms with Crippen LogP contribution >= 0.6 is 0 Å². The first-order valence-corrected chi connectivity index (χ1v) is 5.97. The molecule has 0 radical (unpaired) electrons. The minimum atomic E-state index is -4.52. The molecule has 108 valence electrons. The van der Waals surface area contributed by atoms with Crippen LogP contribution in [-0.2, 0) is 11.0 Å². The lowest BCUT2D eigenvalue weighted by molar-refractivity contribution is -0.137. The summed E-state index contributed by atoms with van der Waals surface area (Å²) in [4.78, 5) is 15.3. The van der Waals surface area contributed by atoms with E-state index in [9.17, 15) is 18.0 Å². The average Bonchev–Trinajstić information content (AvgIpc) is 2.47. The van der Waals surface area contributed by atoms with Crippen molar-refractivity contribution in [2.24, 2.45) is 0 Å². The van der Waals surface area contributed by atoms with E-state index >= 15 is 0 Å². The summed E-state index contributed by atoms with van der Waals surface area (Å²) >= 11 is 0. The number of hydrogen-bond donors (Lipinski definition) is 1. The molecule has 1 aromatic carbocycles. The van der Waals surface area contributed by atoms with Gasteiger partial charge < -0.3 is 5.32 Å². The molecule has 0 aliphatic heterocycles. The number of nitrogens with one attached hydrogen (secondary N) is 1. The topological polar surface area (TPSA) is 42.0 Å². The molecule has 1 heterocycles. The Balaban J connectivity index is 2.52. The molecule has 0 spiro atoms. The molecule has 6 heteroatoms. The molecule has 0 bridgehead atoms. The van der Waals surface area contributed by atoms with Gasteiger partial charge in [-0.3, -0.25) is 9.78 Å². The number of amides is 1. The van der Waals surface area contributed by atoms with E-state index in [1.165, 1.54) is 12.3 Å². The zero-order valence-electron chi connectivity index (χ0n) is 10.8. The van der Waals surface area contributed by atoms with Crippen molar-refractivity contribution in [1.82, 2.24) is 4.98 Å². The molecule has 2 rings (SSSR count). The van der Waals surface area contributed by atoms with Crippen molar-refractivity contribution in [2.45, 2.75) is 6.18 Å². The smallest absolute Gasteiger partial charge is 0.322 e. The third kappa shape index (κ3) is 3.68. The number of rotatable bonds is 3. The predicted molar refractivity (Wildman–Crippen MR) is 73.5 cm³/mol. The minimum Gasteiger partial charge on any atom is -0.322 e. The van der Waals surface area contributed by atoms with Crippen LogP contribution in [0.4, 0.5) is 18.9 Å². The Morgan fingerprint density at radius 3 is 2.57 bits per heavy atom. The highest BCUT2D eigenvalue weighted by atomic mass is 19.4. The maximum atomic E-state index is 12.9. The fourth-order valence-electron chi connectivity index (χ4n) is 1.74. The molecule has 0 unspecified atom stereocenters. The van der Waals surface area contributed by atoms with Gasteiger partial charge in [0.15, 0.2) is 0 Å². The zero-order chi connectivity index (χ0) is 15.5. The number of pyridine rings is 1. The van der Waals surface area contributed by atoms with E-state index < -0.39 is 17.6 Å². The van der Waals surface area contributed by atoms with Gasteiger partial charge in [-0.05, 0) is 36.4 Å². The molecule has 21 heavy (non-hydrogen) atoms. The normalized spacial score (nSPS) is 11.0. The van der Waals surface area contributed by atoms with Crippen LogP contribution in [0.25, 0.3) is 11.3 Å². The maximum Gasteiger partial charge on any atom is 0.416 e. The zero-order valence-corrected chi connectivity index (χ0v) is 10.8. The van der Waals surface area contributed by atoms with Crippen LogP contribution in [0.2, 0.25) is 0 Å². The van der Waals surface area contributed by atoms with Gasteiger partial charge in [0.05, 0.1) is 11.3 Å². The van der Waals surface area contributed by atoms with Gasteiger partial charge in [-0.15, -0.1) is 0 Å². The minimum absolute atomic E-state index is 0.0374. The van der Waals surface area contributed by atoms with Crippen molar-refractivity contribution in [1.29, 1.82) is 0 Å². The second-order valence-corrected chi connectivity index (χ2v) is 4.21. The third-order valence-corrected chi connectivity index (χ3v) is 2.67. The number of alkyl halides is 3. The Morgan fingerprint density at radius 2 is 2.00 bits per heavy atom. The second-order valence-electron chi connectivity index (χ2n) is 4.21. The van der Waals surface area contributed by atoms with Crippen LogP contribution in [0.5, 0.6) is 0 Å². The number of benzene rings is 1. The molecular formula is C15H11F3N2O. The van der Waals surface area contributed by atoms with E-state index in [-0.39, 0.29) is 11.3 Å². The summed E-state index contributed by atoms with van der Waals surface area (Å²) in [6.07, 6.45) is -2.04. The molecule has 2 aromatic rings. The number of carbonyl (C=O) groups excluding carboxylic acids is 1. The van der Waals surface area contributed by atoms with E-state index in [1.807, 2.05) is 0 Å². The average molecular weight is 292 g/mol. The Labute approximate surface area is 119 Å². The molecule has 0 atom stereocenters. The SMILES string of the molecule is C=CC(=O)Nc1cc(-c2ccccn2)cc(C(F)(F)F)c1. The van der Waals surface area contributed by atoms with E-state index in [0.29, 0.717) is 5.69 Å². The van der Waals surface area contributed by atoms with Gasteiger partial charge in [-0.2, -0.15) is 13.2 Å². The molecule has 1 aromatic heterocycles. The third-order valence-electron chi connectivity index (χ3n) is 2.67. The van der Waals surface area contributed by atoms with E-state index in [4.69, 9.17) is 0 Å². The fraction of sp³-hybridized carbons (Fsp3) is 0.0667. The lowest BCUT2D eigenvalue weighted by Gasteiger charge is -2.12. The quantitative estimate of drug-likeness (QED) is 0.872.